The van der Waals surface area contributed by atoms with Gasteiger partial charge in [0.25, 0.3) is 0 Å². The molecule has 2 fully saturated rings. The zero-order chi connectivity index (χ0) is 15.6. The Bertz CT molecular complexity index is 323. The molecule has 0 bridgehead atoms. The Morgan fingerprint density at radius 1 is 1.19 bits per heavy atom. The van der Waals surface area contributed by atoms with Gasteiger partial charge in [-0.2, -0.15) is 0 Å². The maximum atomic E-state index is 10.1. The topological polar surface area (TPSA) is 88.4 Å². The van der Waals surface area contributed by atoms with E-state index < -0.39 is 24.6 Å². The van der Waals surface area contributed by atoms with Gasteiger partial charge in [0.15, 0.2) is 6.29 Å². The van der Waals surface area contributed by atoms with Crippen molar-refractivity contribution in [1.82, 2.24) is 0 Å². The summed E-state index contributed by atoms with van der Waals surface area (Å²) in [6.45, 7) is 6.15. The van der Waals surface area contributed by atoms with Gasteiger partial charge in [-0.3, -0.25) is 0 Å². The third kappa shape index (κ3) is 4.15. The van der Waals surface area contributed by atoms with E-state index in [2.05, 4.69) is 0 Å². The number of hydrogen-bond acceptors (Lipinski definition) is 6. The number of ether oxygens (including phenoxy) is 3. The molecule has 21 heavy (non-hydrogen) atoms. The van der Waals surface area contributed by atoms with Crippen molar-refractivity contribution < 1.29 is 29.5 Å². The number of aliphatic hydroxyl groups is 3. The zero-order valence-corrected chi connectivity index (χ0v) is 13.0. The summed E-state index contributed by atoms with van der Waals surface area (Å²) in [4.78, 5) is 0. The van der Waals surface area contributed by atoms with Crippen LogP contribution in [0, 0.1) is 11.8 Å². The Morgan fingerprint density at radius 2 is 1.90 bits per heavy atom. The van der Waals surface area contributed by atoms with E-state index in [1.54, 1.807) is 0 Å². The molecule has 6 nitrogen and oxygen atoms in total. The van der Waals surface area contributed by atoms with Crippen molar-refractivity contribution in [3.05, 3.63) is 0 Å². The quantitative estimate of drug-likeness (QED) is 0.691. The molecular formula is C15H28O6. The normalized spacial score (nSPS) is 45.0. The molecule has 2 rings (SSSR count). The molecule has 0 aromatic heterocycles. The van der Waals surface area contributed by atoms with Crippen molar-refractivity contribution in [2.75, 3.05) is 13.2 Å². The lowest BCUT2D eigenvalue weighted by Crippen LogP contribution is -2.49. The standard InChI is InChI=1S/C15H28O6/c1-8(2)15-12(18)4-10(7-19-15)20-14-5-11(17)9(3)13(6-16)21-14/h8-18H,4-7H2,1-3H3/t9-,10?,11?,12?,13?,14?,15-/m0/s1. The second-order valence-electron chi connectivity index (χ2n) is 6.55. The van der Waals surface area contributed by atoms with Gasteiger partial charge in [0.2, 0.25) is 0 Å². The number of aliphatic hydroxyl groups excluding tert-OH is 3. The maximum absolute atomic E-state index is 10.1. The van der Waals surface area contributed by atoms with E-state index in [4.69, 9.17) is 14.2 Å². The van der Waals surface area contributed by atoms with Gasteiger partial charge in [0.1, 0.15) is 0 Å². The molecule has 124 valence electrons. The molecule has 0 radical (unpaired) electrons. The van der Waals surface area contributed by atoms with Gasteiger partial charge >= 0.3 is 0 Å². The largest absolute Gasteiger partial charge is 0.394 e. The Balaban J connectivity index is 1.85. The fourth-order valence-electron chi connectivity index (χ4n) is 3.08. The first-order valence-corrected chi connectivity index (χ1v) is 7.81. The summed E-state index contributed by atoms with van der Waals surface area (Å²) >= 11 is 0. The summed E-state index contributed by atoms with van der Waals surface area (Å²) in [5.41, 5.74) is 0. The highest BCUT2D eigenvalue weighted by Crippen LogP contribution is 2.29. The monoisotopic (exact) mass is 304 g/mol. The van der Waals surface area contributed by atoms with Crippen LogP contribution in [-0.4, -0.2) is 65.3 Å². The van der Waals surface area contributed by atoms with Gasteiger partial charge in [-0.25, -0.2) is 0 Å². The molecule has 0 aromatic carbocycles. The van der Waals surface area contributed by atoms with Crippen LogP contribution in [0.3, 0.4) is 0 Å². The van der Waals surface area contributed by atoms with Crippen molar-refractivity contribution in [3.8, 4) is 0 Å². The third-order valence-electron chi connectivity index (χ3n) is 4.49. The van der Waals surface area contributed by atoms with Crippen LogP contribution in [0.2, 0.25) is 0 Å². The van der Waals surface area contributed by atoms with Gasteiger partial charge in [-0.15, -0.1) is 0 Å². The van der Waals surface area contributed by atoms with Gasteiger partial charge in [0, 0.05) is 18.8 Å². The Hall–Kier alpha value is -0.240. The molecule has 0 aliphatic carbocycles. The summed E-state index contributed by atoms with van der Waals surface area (Å²) in [6, 6.07) is 0. The third-order valence-corrected chi connectivity index (χ3v) is 4.49. The molecule has 0 saturated carbocycles. The van der Waals surface area contributed by atoms with Crippen molar-refractivity contribution in [3.63, 3.8) is 0 Å². The number of rotatable bonds is 4. The summed E-state index contributed by atoms with van der Waals surface area (Å²) in [6.07, 6.45) is -1.63. The molecule has 7 atom stereocenters. The van der Waals surface area contributed by atoms with Crippen molar-refractivity contribution >= 4 is 0 Å². The van der Waals surface area contributed by atoms with Crippen molar-refractivity contribution in [2.24, 2.45) is 11.8 Å². The van der Waals surface area contributed by atoms with Crippen molar-refractivity contribution in [2.45, 2.75) is 70.4 Å². The first-order chi connectivity index (χ1) is 9.92. The molecule has 2 heterocycles. The number of hydrogen-bond donors (Lipinski definition) is 3. The van der Waals surface area contributed by atoms with E-state index in [9.17, 15) is 15.3 Å². The van der Waals surface area contributed by atoms with E-state index in [1.807, 2.05) is 20.8 Å². The van der Waals surface area contributed by atoms with Crippen LogP contribution >= 0.6 is 0 Å². The van der Waals surface area contributed by atoms with Crippen LogP contribution in [0.15, 0.2) is 0 Å². The lowest BCUT2D eigenvalue weighted by Gasteiger charge is -2.41. The van der Waals surface area contributed by atoms with Gasteiger partial charge in [-0.05, 0) is 5.92 Å². The van der Waals surface area contributed by atoms with Crippen LogP contribution in [0.1, 0.15) is 33.6 Å². The van der Waals surface area contributed by atoms with Crippen LogP contribution in [0.25, 0.3) is 0 Å². The molecule has 0 amide bonds. The van der Waals surface area contributed by atoms with Crippen LogP contribution in [0.5, 0.6) is 0 Å². The second-order valence-corrected chi connectivity index (χ2v) is 6.55. The van der Waals surface area contributed by atoms with E-state index in [-0.39, 0.29) is 30.7 Å². The molecule has 0 spiro atoms. The highest BCUT2D eigenvalue weighted by molar-refractivity contribution is 4.83. The molecule has 3 N–H and O–H groups in total. The van der Waals surface area contributed by atoms with E-state index in [0.29, 0.717) is 19.4 Å². The fourth-order valence-corrected chi connectivity index (χ4v) is 3.08. The first kappa shape index (κ1) is 17.1. The molecule has 2 aliphatic heterocycles. The second kappa shape index (κ2) is 7.35. The zero-order valence-electron chi connectivity index (χ0n) is 13.0. The maximum Gasteiger partial charge on any atom is 0.161 e. The van der Waals surface area contributed by atoms with Gasteiger partial charge in [-0.1, -0.05) is 20.8 Å². The summed E-state index contributed by atoms with van der Waals surface area (Å²) in [5.74, 6) is 0.140. The summed E-state index contributed by atoms with van der Waals surface area (Å²) < 4.78 is 17.1. The minimum Gasteiger partial charge on any atom is -0.394 e. The average molecular weight is 304 g/mol. The SMILES string of the molecule is CC(C)[C@@H]1OCC(OC2CC(O)[C@H](C)C(CO)O2)CC1O. The first-order valence-electron chi connectivity index (χ1n) is 7.81. The van der Waals surface area contributed by atoms with Gasteiger partial charge < -0.3 is 29.5 Å². The minimum absolute atomic E-state index is 0.117. The Labute approximate surface area is 126 Å². The minimum atomic E-state index is -0.565. The predicted molar refractivity (Wildman–Crippen MR) is 75.6 cm³/mol. The Morgan fingerprint density at radius 3 is 2.48 bits per heavy atom. The smallest absolute Gasteiger partial charge is 0.161 e. The molecule has 6 heteroatoms. The summed E-state index contributed by atoms with van der Waals surface area (Å²) in [7, 11) is 0. The lowest BCUT2D eigenvalue weighted by molar-refractivity contribution is -0.274. The van der Waals surface area contributed by atoms with E-state index in [1.165, 1.54) is 0 Å². The molecule has 0 aromatic rings. The van der Waals surface area contributed by atoms with Crippen LogP contribution in [-0.2, 0) is 14.2 Å². The molecular weight excluding hydrogens is 276 g/mol. The van der Waals surface area contributed by atoms with E-state index >= 15 is 0 Å². The molecule has 5 unspecified atom stereocenters. The molecule has 2 aliphatic rings. The fraction of sp³-hybridized carbons (Fsp3) is 1.00. The Kier molecular flexibility index (Phi) is 5.99. The average Bonchev–Trinajstić information content (AvgIpc) is 2.42. The van der Waals surface area contributed by atoms with Crippen LogP contribution in [0.4, 0.5) is 0 Å². The highest BCUT2D eigenvalue weighted by atomic mass is 16.7. The highest BCUT2D eigenvalue weighted by Gasteiger charge is 2.38. The predicted octanol–water partition coefficient (Wildman–Crippen LogP) is 0.282. The molecule has 2 saturated heterocycles. The van der Waals surface area contributed by atoms with E-state index in [0.717, 1.165) is 0 Å². The van der Waals surface area contributed by atoms with Crippen LogP contribution < -0.4 is 0 Å². The summed E-state index contributed by atoms with van der Waals surface area (Å²) in [5, 5.41) is 29.4. The van der Waals surface area contributed by atoms with Gasteiger partial charge in [0.05, 0.1) is 43.7 Å². The van der Waals surface area contributed by atoms with Crippen molar-refractivity contribution in [1.29, 1.82) is 0 Å². The lowest BCUT2D eigenvalue weighted by atomic mass is 9.92.